The average Bonchev–Trinajstić information content (AvgIpc) is 3.30. The second-order valence-electron chi connectivity index (χ2n) is 6.02. The summed E-state index contributed by atoms with van der Waals surface area (Å²) in [6, 6.07) is 9.45. The summed E-state index contributed by atoms with van der Waals surface area (Å²) in [5, 5.41) is 14.4. The van der Waals surface area contributed by atoms with Gasteiger partial charge in [0.05, 0.1) is 11.4 Å². The molecule has 3 aromatic rings. The summed E-state index contributed by atoms with van der Waals surface area (Å²) in [5.74, 6) is 0.192. The molecule has 0 saturated heterocycles. The molecular weight excluding hydrogens is 462 g/mol. The first-order valence-corrected chi connectivity index (χ1v) is 10.5. The molecule has 0 aliphatic rings. The fourth-order valence-electron chi connectivity index (χ4n) is 2.56. The van der Waals surface area contributed by atoms with Gasteiger partial charge in [-0.15, -0.1) is 11.3 Å². The predicted octanol–water partition coefficient (Wildman–Crippen LogP) is 3.89. The number of benzene rings is 1. The van der Waals surface area contributed by atoms with Crippen molar-refractivity contribution < 1.29 is 9.59 Å². The van der Waals surface area contributed by atoms with E-state index in [0.29, 0.717) is 22.8 Å². The highest BCUT2D eigenvalue weighted by atomic mass is 79.9. The van der Waals surface area contributed by atoms with Crippen LogP contribution in [0.2, 0.25) is 0 Å². The topological polar surface area (TPSA) is 91.8 Å². The number of nitrogens with one attached hydrogen (secondary N) is 3. The van der Waals surface area contributed by atoms with Crippen molar-refractivity contribution in [1.29, 1.82) is 0 Å². The first kappa shape index (κ1) is 20.4. The van der Waals surface area contributed by atoms with Gasteiger partial charge in [0.15, 0.2) is 10.6 Å². The van der Waals surface area contributed by atoms with Gasteiger partial charge >= 0.3 is 0 Å². The molecule has 0 aliphatic heterocycles. The largest absolute Gasteiger partial charge is 0.347 e. The number of rotatable bonds is 7. The quantitative estimate of drug-likeness (QED) is 0.448. The molecule has 0 saturated carbocycles. The van der Waals surface area contributed by atoms with Crippen molar-refractivity contribution in [2.45, 2.75) is 19.9 Å². The number of aromatic amines is 1. The number of hydrogen-bond acceptors (Lipinski definition) is 5. The number of carbonyl (C=O) groups is 2. The molecule has 0 spiro atoms. The minimum absolute atomic E-state index is 0.0943. The normalized spacial score (nSPS) is 10.6. The zero-order valence-electron chi connectivity index (χ0n) is 15.0. The van der Waals surface area contributed by atoms with Crippen molar-refractivity contribution in [3.63, 3.8) is 0 Å². The Balaban J connectivity index is 1.51. The van der Waals surface area contributed by atoms with Gasteiger partial charge in [0.2, 0.25) is 11.8 Å². The van der Waals surface area contributed by atoms with Crippen LogP contribution in [0.1, 0.15) is 12.0 Å². The Labute approximate surface area is 179 Å². The summed E-state index contributed by atoms with van der Waals surface area (Å²) >= 11 is 10.2. The molecule has 0 atom stereocenters. The molecule has 146 valence electrons. The Morgan fingerprint density at radius 2 is 2.14 bits per heavy atom. The van der Waals surface area contributed by atoms with Crippen LogP contribution in [-0.2, 0) is 16.1 Å². The zero-order chi connectivity index (χ0) is 20.1. The number of thiophene rings is 1. The van der Waals surface area contributed by atoms with Gasteiger partial charge in [-0.25, -0.2) is 0 Å². The highest BCUT2D eigenvalue weighted by Crippen LogP contribution is 2.23. The number of aryl methyl sites for hydroxylation is 1. The summed E-state index contributed by atoms with van der Waals surface area (Å²) in [6.07, 6.45) is 0.191. The van der Waals surface area contributed by atoms with Gasteiger partial charge in [-0.2, -0.15) is 5.10 Å². The number of amides is 2. The van der Waals surface area contributed by atoms with Gasteiger partial charge in [-0.3, -0.25) is 19.3 Å². The van der Waals surface area contributed by atoms with E-state index in [1.807, 2.05) is 42.6 Å². The highest BCUT2D eigenvalue weighted by Gasteiger charge is 2.12. The van der Waals surface area contributed by atoms with Gasteiger partial charge in [-0.1, -0.05) is 22.0 Å². The summed E-state index contributed by atoms with van der Waals surface area (Å²) in [4.78, 5) is 25.2. The van der Waals surface area contributed by atoms with Crippen LogP contribution >= 0.6 is 39.5 Å². The van der Waals surface area contributed by atoms with Crippen LogP contribution in [0.4, 0.5) is 5.69 Å². The maximum absolute atomic E-state index is 12.1. The molecule has 0 fully saturated rings. The van der Waals surface area contributed by atoms with Crippen LogP contribution < -0.4 is 10.6 Å². The first-order valence-electron chi connectivity index (χ1n) is 8.46. The molecule has 0 bridgehead atoms. The van der Waals surface area contributed by atoms with E-state index in [0.717, 1.165) is 14.9 Å². The Bertz CT molecular complexity index is 1040. The van der Waals surface area contributed by atoms with Crippen molar-refractivity contribution in [1.82, 2.24) is 20.1 Å². The lowest BCUT2D eigenvalue weighted by Crippen LogP contribution is -2.33. The Kier molecular flexibility index (Phi) is 6.76. The number of carbonyl (C=O) groups excluding carboxylic acids is 2. The fraction of sp³-hybridized carbons (Fsp3) is 0.222. The van der Waals surface area contributed by atoms with Crippen LogP contribution in [0.5, 0.6) is 0 Å². The van der Waals surface area contributed by atoms with Crippen molar-refractivity contribution >= 4 is 57.0 Å². The number of H-pyrrole nitrogens is 1. The van der Waals surface area contributed by atoms with Crippen LogP contribution in [0.25, 0.3) is 10.7 Å². The van der Waals surface area contributed by atoms with E-state index in [9.17, 15) is 9.59 Å². The lowest BCUT2D eigenvalue weighted by Gasteiger charge is -2.10. The molecule has 28 heavy (non-hydrogen) atoms. The van der Waals surface area contributed by atoms with E-state index in [-0.39, 0.29) is 24.8 Å². The third kappa shape index (κ3) is 5.15. The molecule has 7 nitrogen and oxygen atoms in total. The molecule has 1 aromatic carbocycles. The Morgan fingerprint density at radius 1 is 1.32 bits per heavy atom. The highest BCUT2D eigenvalue weighted by molar-refractivity contribution is 9.10. The number of aromatic nitrogens is 3. The molecular formula is C18H18BrN5O2S2. The number of nitrogens with zero attached hydrogens (tertiary/aromatic N) is 2. The molecule has 2 heterocycles. The maximum atomic E-state index is 12.1. The van der Waals surface area contributed by atoms with Crippen LogP contribution in [0, 0.1) is 11.7 Å². The molecule has 0 radical (unpaired) electrons. The first-order chi connectivity index (χ1) is 13.4. The summed E-state index contributed by atoms with van der Waals surface area (Å²) in [7, 11) is 0. The van der Waals surface area contributed by atoms with E-state index >= 15 is 0 Å². The van der Waals surface area contributed by atoms with Gasteiger partial charge in [0.1, 0.15) is 0 Å². The Morgan fingerprint density at radius 3 is 2.86 bits per heavy atom. The standard InChI is InChI=1S/C18H18BrN5O2S2/c1-11-9-12(19)4-5-13(11)21-16(26)10-20-15(25)6-7-24-17(22-23-18(24)27)14-3-2-8-28-14/h2-5,8-9H,6-7,10H2,1H3,(H,20,25)(H,21,26)(H,23,27). The lowest BCUT2D eigenvalue weighted by atomic mass is 10.2. The van der Waals surface area contributed by atoms with Gasteiger partial charge in [0, 0.05) is 23.1 Å². The minimum atomic E-state index is -0.280. The average molecular weight is 480 g/mol. The molecule has 2 aromatic heterocycles. The second-order valence-corrected chi connectivity index (χ2v) is 8.27. The van der Waals surface area contributed by atoms with E-state index in [2.05, 4.69) is 36.8 Å². The third-order valence-electron chi connectivity index (χ3n) is 3.97. The third-order valence-corrected chi connectivity index (χ3v) is 5.64. The smallest absolute Gasteiger partial charge is 0.243 e. The van der Waals surface area contributed by atoms with Crippen molar-refractivity contribution in [2.75, 3.05) is 11.9 Å². The minimum Gasteiger partial charge on any atom is -0.347 e. The van der Waals surface area contributed by atoms with E-state index in [4.69, 9.17) is 12.2 Å². The van der Waals surface area contributed by atoms with Crippen molar-refractivity contribution in [3.05, 3.63) is 50.5 Å². The molecule has 3 rings (SSSR count). The molecule has 10 heteroatoms. The number of anilines is 1. The Hall–Kier alpha value is -2.30. The summed E-state index contributed by atoms with van der Waals surface area (Å²) in [5.41, 5.74) is 1.65. The SMILES string of the molecule is Cc1cc(Br)ccc1NC(=O)CNC(=O)CCn1c(-c2cccs2)n[nH]c1=S. The second kappa shape index (κ2) is 9.26. The monoisotopic (exact) mass is 479 g/mol. The van der Waals surface area contributed by atoms with Crippen LogP contribution in [-0.4, -0.2) is 33.1 Å². The zero-order valence-corrected chi connectivity index (χ0v) is 18.2. The van der Waals surface area contributed by atoms with Crippen molar-refractivity contribution in [2.24, 2.45) is 0 Å². The number of halogens is 1. The summed E-state index contributed by atoms with van der Waals surface area (Å²) < 4.78 is 3.18. The molecule has 2 amide bonds. The van der Waals surface area contributed by atoms with Crippen LogP contribution in [0.3, 0.4) is 0 Å². The fourth-order valence-corrected chi connectivity index (χ4v) is 3.98. The van der Waals surface area contributed by atoms with Crippen LogP contribution in [0.15, 0.2) is 40.2 Å². The maximum Gasteiger partial charge on any atom is 0.243 e. The van der Waals surface area contributed by atoms with Gasteiger partial charge in [0.25, 0.3) is 0 Å². The number of hydrogen-bond donors (Lipinski definition) is 3. The van der Waals surface area contributed by atoms with E-state index < -0.39 is 0 Å². The van der Waals surface area contributed by atoms with Gasteiger partial charge < -0.3 is 10.6 Å². The molecule has 3 N–H and O–H groups in total. The molecule has 0 unspecified atom stereocenters. The molecule has 0 aliphatic carbocycles. The summed E-state index contributed by atoms with van der Waals surface area (Å²) in [6.45, 7) is 2.18. The van der Waals surface area contributed by atoms with E-state index in [1.54, 1.807) is 15.9 Å². The van der Waals surface area contributed by atoms with Crippen molar-refractivity contribution in [3.8, 4) is 10.7 Å². The lowest BCUT2D eigenvalue weighted by molar-refractivity contribution is -0.124. The van der Waals surface area contributed by atoms with E-state index in [1.165, 1.54) is 0 Å². The predicted molar refractivity (Wildman–Crippen MR) is 116 cm³/mol. The van der Waals surface area contributed by atoms with Gasteiger partial charge in [-0.05, 0) is 54.4 Å².